The molecule has 4 nitrogen and oxygen atoms in total. The summed E-state index contributed by atoms with van der Waals surface area (Å²) in [5, 5.41) is 0. The van der Waals surface area contributed by atoms with E-state index in [1.165, 1.54) is 83.5 Å². The molecule has 0 atom stereocenters. The summed E-state index contributed by atoms with van der Waals surface area (Å²) >= 11 is 0. The van der Waals surface area contributed by atoms with E-state index in [-0.39, 0.29) is 18.4 Å². The molecule has 0 aliphatic heterocycles. The molecule has 0 aromatic carbocycles. The van der Waals surface area contributed by atoms with E-state index in [4.69, 9.17) is 10.6 Å². The Labute approximate surface area is 162 Å². The Balaban J connectivity index is 0. The van der Waals surface area contributed by atoms with Gasteiger partial charge in [-0.1, -0.05) is 96.8 Å². The van der Waals surface area contributed by atoms with Gasteiger partial charge in [-0.3, -0.25) is 4.79 Å². The topological polar surface area (TPSA) is 64.3 Å². The number of hydroxylamine groups is 1. The molecule has 0 heterocycles. The van der Waals surface area contributed by atoms with Gasteiger partial charge in [-0.25, -0.2) is 0 Å². The Morgan fingerprint density at radius 2 is 1.16 bits per heavy atom. The molecule has 0 fully saturated rings. The Morgan fingerprint density at radius 1 is 0.760 bits per heavy atom. The Hall–Kier alpha value is -0.320. The molecule has 25 heavy (non-hydrogen) atoms. The molecule has 0 saturated heterocycles. The van der Waals surface area contributed by atoms with Crippen LogP contribution < -0.4 is 11.2 Å². The largest absolute Gasteiger partial charge is 0.371 e. The minimum absolute atomic E-state index is 0. The van der Waals surface area contributed by atoms with Gasteiger partial charge in [0.15, 0.2) is 0 Å². The van der Waals surface area contributed by atoms with Crippen molar-refractivity contribution >= 4 is 18.4 Å². The van der Waals surface area contributed by atoms with Crippen LogP contribution >= 0.6 is 12.4 Å². The van der Waals surface area contributed by atoms with Crippen molar-refractivity contribution in [1.29, 1.82) is 0 Å². The molecule has 152 valence electrons. The third kappa shape index (κ3) is 23.7. The third-order valence-electron chi connectivity index (χ3n) is 4.42. The van der Waals surface area contributed by atoms with Crippen LogP contribution in [0.15, 0.2) is 0 Å². The second-order valence-electron chi connectivity index (χ2n) is 6.86. The molecule has 5 heteroatoms. The number of hydrogen-bond acceptors (Lipinski definition) is 4. The van der Waals surface area contributed by atoms with Crippen molar-refractivity contribution < 1.29 is 9.63 Å². The van der Waals surface area contributed by atoms with Crippen molar-refractivity contribution in [2.45, 2.75) is 110 Å². The molecule has 0 amide bonds. The van der Waals surface area contributed by atoms with Gasteiger partial charge in [0.2, 0.25) is 0 Å². The number of rotatable bonds is 19. The van der Waals surface area contributed by atoms with Crippen LogP contribution in [0.5, 0.6) is 0 Å². The summed E-state index contributed by atoms with van der Waals surface area (Å²) in [4.78, 5) is 16.2. The first-order chi connectivity index (χ1) is 11.8. The van der Waals surface area contributed by atoms with E-state index in [0.29, 0.717) is 19.5 Å². The lowest BCUT2D eigenvalue weighted by atomic mass is 10.0. The third-order valence-corrected chi connectivity index (χ3v) is 4.42. The number of carbonyl (C=O) groups excluding carboxylic acids is 1. The maximum Gasteiger partial charge on any atom is 0.324 e. The highest BCUT2D eigenvalue weighted by molar-refractivity contribution is 5.85. The number of nitrogens with two attached hydrogens (primary N) is 1. The highest BCUT2D eigenvalue weighted by atomic mass is 35.5. The number of nitrogens with one attached hydrogen (secondary N) is 1. The maximum absolute atomic E-state index is 11.3. The van der Waals surface area contributed by atoms with E-state index in [2.05, 4.69) is 12.4 Å². The molecular weight excluding hydrogens is 336 g/mol. The van der Waals surface area contributed by atoms with Gasteiger partial charge in [0.25, 0.3) is 0 Å². The van der Waals surface area contributed by atoms with E-state index in [1.54, 1.807) is 0 Å². The lowest BCUT2D eigenvalue weighted by Gasteiger charge is -2.05. The molecule has 0 aliphatic carbocycles. The number of carbonyl (C=O) groups is 1. The molecule has 0 saturated carbocycles. The quantitative estimate of drug-likeness (QED) is 0.224. The molecule has 0 aromatic rings. The average Bonchev–Trinajstić information content (AvgIpc) is 2.58. The standard InChI is InChI=1S/C20H42N2O2.ClH/c1-2-3-4-5-6-7-8-9-10-11-12-13-14-15-16-17-20(23)24-22-19-18-21;/h22H,2-19,21H2,1H3;1H. The van der Waals surface area contributed by atoms with Crippen molar-refractivity contribution in [3.05, 3.63) is 0 Å². The van der Waals surface area contributed by atoms with Crippen LogP contribution in [0.2, 0.25) is 0 Å². The van der Waals surface area contributed by atoms with E-state index < -0.39 is 0 Å². The first-order valence-corrected chi connectivity index (χ1v) is 10.4. The zero-order valence-electron chi connectivity index (χ0n) is 16.5. The summed E-state index contributed by atoms with van der Waals surface area (Å²) < 4.78 is 0. The van der Waals surface area contributed by atoms with Gasteiger partial charge in [0.1, 0.15) is 0 Å². The minimum Gasteiger partial charge on any atom is -0.371 e. The SMILES string of the molecule is CCCCCCCCCCCCCCCCCC(=O)ONCCN.Cl. The van der Waals surface area contributed by atoms with Gasteiger partial charge in [0, 0.05) is 19.5 Å². The lowest BCUT2D eigenvalue weighted by Crippen LogP contribution is -2.25. The number of hydrogen-bond donors (Lipinski definition) is 2. The van der Waals surface area contributed by atoms with Gasteiger partial charge in [-0.2, -0.15) is 5.48 Å². The van der Waals surface area contributed by atoms with Crippen molar-refractivity contribution in [1.82, 2.24) is 5.48 Å². The molecule has 0 aromatic heterocycles. The fourth-order valence-electron chi connectivity index (χ4n) is 2.88. The first-order valence-electron chi connectivity index (χ1n) is 10.4. The van der Waals surface area contributed by atoms with Crippen molar-refractivity contribution in [3.8, 4) is 0 Å². The van der Waals surface area contributed by atoms with Crippen LogP contribution in [-0.2, 0) is 9.63 Å². The molecule has 3 N–H and O–H groups in total. The van der Waals surface area contributed by atoms with Crippen LogP contribution in [0.25, 0.3) is 0 Å². The highest BCUT2D eigenvalue weighted by Gasteiger charge is 2.02. The van der Waals surface area contributed by atoms with E-state index in [9.17, 15) is 4.79 Å². The maximum atomic E-state index is 11.3. The van der Waals surface area contributed by atoms with E-state index in [0.717, 1.165) is 12.8 Å². The average molecular weight is 379 g/mol. The monoisotopic (exact) mass is 378 g/mol. The molecule has 0 rings (SSSR count). The zero-order valence-corrected chi connectivity index (χ0v) is 17.3. The molecular formula is C20H43ClN2O2. The molecule has 0 radical (unpaired) electrons. The summed E-state index contributed by atoms with van der Waals surface area (Å²) in [5.41, 5.74) is 7.86. The molecule has 0 spiro atoms. The van der Waals surface area contributed by atoms with Crippen molar-refractivity contribution in [2.75, 3.05) is 13.1 Å². The summed E-state index contributed by atoms with van der Waals surface area (Å²) in [7, 11) is 0. The lowest BCUT2D eigenvalue weighted by molar-refractivity contribution is -0.151. The summed E-state index contributed by atoms with van der Waals surface area (Å²) in [5.74, 6) is -0.168. The van der Waals surface area contributed by atoms with Gasteiger partial charge >= 0.3 is 5.97 Å². The normalized spacial score (nSPS) is 10.5. The van der Waals surface area contributed by atoms with Crippen LogP contribution in [0.4, 0.5) is 0 Å². The summed E-state index contributed by atoms with van der Waals surface area (Å²) in [6.07, 6.45) is 20.5. The fourth-order valence-corrected chi connectivity index (χ4v) is 2.88. The van der Waals surface area contributed by atoms with E-state index >= 15 is 0 Å². The van der Waals surface area contributed by atoms with Gasteiger partial charge < -0.3 is 10.6 Å². The molecule has 0 unspecified atom stereocenters. The zero-order chi connectivity index (χ0) is 17.7. The van der Waals surface area contributed by atoms with Crippen LogP contribution in [0.3, 0.4) is 0 Å². The van der Waals surface area contributed by atoms with Crippen LogP contribution in [0.1, 0.15) is 110 Å². The summed E-state index contributed by atoms with van der Waals surface area (Å²) in [6.45, 7) is 3.27. The second-order valence-corrected chi connectivity index (χ2v) is 6.86. The minimum atomic E-state index is -0.168. The van der Waals surface area contributed by atoms with E-state index in [1.807, 2.05) is 0 Å². The predicted octanol–water partition coefficient (Wildman–Crippen LogP) is 5.68. The van der Waals surface area contributed by atoms with Gasteiger partial charge in [0.05, 0.1) is 0 Å². The van der Waals surface area contributed by atoms with Crippen molar-refractivity contribution in [2.24, 2.45) is 5.73 Å². The van der Waals surface area contributed by atoms with Gasteiger partial charge in [-0.15, -0.1) is 12.4 Å². The molecule has 0 bridgehead atoms. The van der Waals surface area contributed by atoms with Crippen LogP contribution in [-0.4, -0.2) is 19.1 Å². The summed E-state index contributed by atoms with van der Waals surface area (Å²) in [6, 6.07) is 0. The predicted molar refractivity (Wildman–Crippen MR) is 110 cm³/mol. The number of halogens is 1. The van der Waals surface area contributed by atoms with Crippen LogP contribution in [0, 0.1) is 0 Å². The smallest absolute Gasteiger partial charge is 0.324 e. The first kappa shape index (κ1) is 26.9. The fraction of sp³-hybridized carbons (Fsp3) is 0.950. The Kier molecular flexibility index (Phi) is 25.5. The Morgan fingerprint density at radius 3 is 1.56 bits per heavy atom. The second kappa shape index (κ2) is 23.7. The number of unbranched alkanes of at least 4 members (excludes halogenated alkanes) is 14. The van der Waals surface area contributed by atoms with Gasteiger partial charge in [-0.05, 0) is 6.42 Å². The van der Waals surface area contributed by atoms with Crippen molar-refractivity contribution in [3.63, 3.8) is 0 Å². The molecule has 0 aliphatic rings. The highest BCUT2D eigenvalue weighted by Crippen LogP contribution is 2.13. The Bertz CT molecular complexity index is 266.